The molecule has 1 atom stereocenters. The Balaban J connectivity index is 2.74. The Labute approximate surface area is 117 Å². The van der Waals surface area contributed by atoms with E-state index >= 15 is 0 Å². The van der Waals surface area contributed by atoms with Gasteiger partial charge in [0.15, 0.2) is 9.84 Å². The zero-order valence-electron chi connectivity index (χ0n) is 11.0. The van der Waals surface area contributed by atoms with E-state index in [0.29, 0.717) is 5.69 Å². The van der Waals surface area contributed by atoms with Crippen molar-refractivity contribution in [3.8, 4) is 0 Å². The average Bonchev–Trinajstić information content (AvgIpc) is 2.81. The van der Waals surface area contributed by atoms with E-state index in [2.05, 4.69) is 16.9 Å². The van der Waals surface area contributed by atoms with E-state index < -0.39 is 21.0 Å². The van der Waals surface area contributed by atoms with Gasteiger partial charge in [0.2, 0.25) is 5.91 Å². The van der Waals surface area contributed by atoms with Gasteiger partial charge < -0.3 is 5.32 Å². The summed E-state index contributed by atoms with van der Waals surface area (Å²) in [6, 6.07) is 0. The molecule has 0 radical (unpaired) electrons. The van der Waals surface area contributed by atoms with Crippen LogP contribution in [0.15, 0.2) is 18.0 Å². The lowest BCUT2D eigenvalue weighted by atomic mass is 10.4. The molecule has 0 spiro atoms. The molecule has 19 heavy (non-hydrogen) atoms. The number of amides is 1. The third-order valence-corrected chi connectivity index (χ3v) is 5.61. The zero-order valence-corrected chi connectivity index (χ0v) is 12.7. The monoisotopic (exact) mass is 302 g/mol. The number of thiazole rings is 1. The van der Waals surface area contributed by atoms with E-state index in [1.54, 1.807) is 5.38 Å². The molecule has 0 aromatic carbocycles. The van der Waals surface area contributed by atoms with Crippen LogP contribution in [-0.2, 0) is 26.8 Å². The molecule has 0 aliphatic carbocycles. The number of carbonyl (C=O) groups is 1. The summed E-state index contributed by atoms with van der Waals surface area (Å²) in [5, 5.41) is 4.03. The van der Waals surface area contributed by atoms with Crippen LogP contribution in [0.4, 0.5) is 0 Å². The fourth-order valence-electron chi connectivity index (χ4n) is 1.39. The summed E-state index contributed by atoms with van der Waals surface area (Å²) >= 11 is 1.43. The van der Waals surface area contributed by atoms with Crippen molar-refractivity contribution in [1.82, 2.24) is 10.3 Å². The number of hydrogen-bond acceptors (Lipinski definition) is 5. The molecule has 0 aliphatic rings. The summed E-state index contributed by atoms with van der Waals surface area (Å²) in [5.74, 6) is -0.711. The first kappa shape index (κ1) is 15.8. The lowest BCUT2D eigenvalue weighted by molar-refractivity contribution is -0.120. The molecular weight excluding hydrogens is 284 g/mol. The number of carbonyl (C=O) groups excluding carboxylic acids is 1. The number of nitrogens with one attached hydrogen (secondary N) is 1. The van der Waals surface area contributed by atoms with E-state index in [4.69, 9.17) is 0 Å². The molecule has 0 aliphatic heterocycles. The lowest BCUT2D eigenvalue weighted by Gasteiger charge is -2.11. The molecule has 0 saturated heterocycles. The maximum atomic E-state index is 12.1. The van der Waals surface area contributed by atoms with Gasteiger partial charge in [-0.15, -0.1) is 17.9 Å². The molecule has 1 aromatic rings. The largest absolute Gasteiger partial charge is 0.352 e. The lowest BCUT2D eigenvalue weighted by Crippen LogP contribution is -2.38. The van der Waals surface area contributed by atoms with Crippen molar-refractivity contribution >= 4 is 27.1 Å². The normalized spacial score (nSPS) is 12.9. The number of sulfone groups is 1. The highest BCUT2D eigenvalue weighted by atomic mass is 32.2. The fraction of sp³-hybridized carbons (Fsp3) is 0.500. The third kappa shape index (κ3) is 4.43. The Morgan fingerprint density at radius 3 is 2.84 bits per heavy atom. The highest BCUT2D eigenvalue weighted by Crippen LogP contribution is 2.15. The predicted octanol–water partition coefficient (Wildman–Crippen LogP) is 1.31. The molecule has 7 heteroatoms. The number of nitrogens with zero attached hydrogens (tertiary/aromatic N) is 1. The van der Waals surface area contributed by atoms with Crippen molar-refractivity contribution in [1.29, 1.82) is 0 Å². The highest BCUT2D eigenvalue weighted by molar-refractivity contribution is 7.92. The van der Waals surface area contributed by atoms with Gasteiger partial charge in [0.05, 0.1) is 16.5 Å². The molecule has 1 heterocycles. The summed E-state index contributed by atoms with van der Waals surface area (Å²) < 4.78 is 24.2. The van der Waals surface area contributed by atoms with Gasteiger partial charge in [0.1, 0.15) is 5.25 Å². The molecule has 5 nitrogen and oxygen atoms in total. The molecule has 1 unspecified atom stereocenters. The molecule has 1 aromatic heterocycles. The summed E-state index contributed by atoms with van der Waals surface area (Å²) in [4.78, 5) is 15.9. The smallest absolute Gasteiger partial charge is 0.238 e. The van der Waals surface area contributed by atoms with Crippen LogP contribution in [-0.4, -0.2) is 31.1 Å². The van der Waals surface area contributed by atoms with E-state index in [1.165, 1.54) is 24.3 Å². The van der Waals surface area contributed by atoms with Crippen molar-refractivity contribution in [3.05, 3.63) is 28.7 Å². The van der Waals surface area contributed by atoms with Gasteiger partial charge >= 0.3 is 0 Å². The first-order chi connectivity index (χ1) is 8.90. The van der Waals surface area contributed by atoms with Crippen LogP contribution >= 0.6 is 11.3 Å². The molecule has 0 fully saturated rings. The Morgan fingerprint density at radius 1 is 1.63 bits per heavy atom. The standard InChI is InChI=1S/C12H18N2O3S2/c1-4-6-13-12(15)9(3)19(16,17)8-10-7-18-11(5-2)14-10/h4,7,9H,1,5-6,8H2,2-3H3,(H,13,15). The van der Waals surface area contributed by atoms with Crippen molar-refractivity contribution in [2.45, 2.75) is 31.3 Å². The summed E-state index contributed by atoms with van der Waals surface area (Å²) in [6.07, 6.45) is 2.28. The van der Waals surface area contributed by atoms with Crippen LogP contribution in [0.1, 0.15) is 24.5 Å². The number of aryl methyl sites for hydroxylation is 1. The third-order valence-electron chi connectivity index (χ3n) is 2.58. The molecule has 1 N–H and O–H groups in total. The topological polar surface area (TPSA) is 76.1 Å². The van der Waals surface area contributed by atoms with Crippen LogP contribution in [0.3, 0.4) is 0 Å². The Hall–Kier alpha value is -1.21. The van der Waals surface area contributed by atoms with Gasteiger partial charge in [-0.05, 0) is 13.3 Å². The van der Waals surface area contributed by atoms with Crippen LogP contribution < -0.4 is 5.32 Å². The summed E-state index contributed by atoms with van der Waals surface area (Å²) in [7, 11) is -3.54. The van der Waals surface area contributed by atoms with E-state index in [9.17, 15) is 13.2 Å². The Kier molecular flexibility index (Phi) is 5.68. The second-order valence-electron chi connectivity index (χ2n) is 4.07. The molecular formula is C12H18N2O3S2. The molecule has 1 amide bonds. The minimum Gasteiger partial charge on any atom is -0.352 e. The Bertz CT molecular complexity index is 549. The summed E-state index contributed by atoms with van der Waals surface area (Å²) in [6.45, 7) is 7.07. The first-order valence-corrected chi connectivity index (χ1v) is 8.53. The highest BCUT2D eigenvalue weighted by Gasteiger charge is 2.28. The van der Waals surface area contributed by atoms with Gasteiger partial charge in [-0.3, -0.25) is 4.79 Å². The second-order valence-corrected chi connectivity index (χ2v) is 7.33. The van der Waals surface area contributed by atoms with E-state index in [-0.39, 0.29) is 12.3 Å². The quantitative estimate of drug-likeness (QED) is 0.771. The van der Waals surface area contributed by atoms with Gasteiger partial charge in [0, 0.05) is 11.9 Å². The minimum atomic E-state index is -3.54. The van der Waals surface area contributed by atoms with Crippen LogP contribution in [0.2, 0.25) is 0 Å². The van der Waals surface area contributed by atoms with Gasteiger partial charge in [-0.2, -0.15) is 0 Å². The van der Waals surface area contributed by atoms with E-state index in [1.807, 2.05) is 6.92 Å². The zero-order chi connectivity index (χ0) is 14.5. The Morgan fingerprint density at radius 2 is 2.32 bits per heavy atom. The van der Waals surface area contributed by atoms with Crippen LogP contribution in [0.25, 0.3) is 0 Å². The summed E-state index contributed by atoms with van der Waals surface area (Å²) in [5.41, 5.74) is 0.505. The SMILES string of the molecule is C=CCNC(=O)C(C)S(=O)(=O)Cc1csc(CC)n1. The molecule has 106 valence electrons. The molecule has 1 rings (SSSR count). The van der Waals surface area contributed by atoms with Crippen molar-refractivity contribution in [2.24, 2.45) is 0 Å². The van der Waals surface area contributed by atoms with Crippen molar-refractivity contribution < 1.29 is 13.2 Å². The van der Waals surface area contributed by atoms with Gasteiger partial charge in [-0.25, -0.2) is 13.4 Å². The maximum Gasteiger partial charge on any atom is 0.238 e. The fourth-order valence-corrected chi connectivity index (χ4v) is 3.46. The van der Waals surface area contributed by atoms with Crippen LogP contribution in [0.5, 0.6) is 0 Å². The van der Waals surface area contributed by atoms with E-state index in [0.717, 1.165) is 11.4 Å². The number of hydrogen-bond donors (Lipinski definition) is 1. The van der Waals surface area contributed by atoms with Gasteiger partial charge in [-0.1, -0.05) is 13.0 Å². The predicted molar refractivity (Wildman–Crippen MR) is 76.8 cm³/mol. The molecule has 0 bridgehead atoms. The van der Waals surface area contributed by atoms with Crippen LogP contribution in [0, 0.1) is 0 Å². The average molecular weight is 302 g/mol. The first-order valence-electron chi connectivity index (χ1n) is 5.94. The van der Waals surface area contributed by atoms with Crippen molar-refractivity contribution in [3.63, 3.8) is 0 Å². The van der Waals surface area contributed by atoms with Gasteiger partial charge in [0.25, 0.3) is 0 Å². The number of rotatable bonds is 7. The maximum absolute atomic E-state index is 12.1. The molecule has 0 saturated carbocycles. The second kappa shape index (κ2) is 6.81. The van der Waals surface area contributed by atoms with Crippen molar-refractivity contribution in [2.75, 3.05) is 6.54 Å². The number of aromatic nitrogens is 1. The minimum absolute atomic E-state index is 0.202.